The van der Waals surface area contributed by atoms with Gasteiger partial charge in [0.25, 0.3) is 5.91 Å². The highest BCUT2D eigenvalue weighted by molar-refractivity contribution is 5.85. The van der Waals surface area contributed by atoms with Crippen molar-refractivity contribution in [2.24, 2.45) is 0 Å². The largest absolute Gasteiger partial charge is 0.444 e. The molecule has 0 spiro atoms. The predicted molar refractivity (Wildman–Crippen MR) is 116 cm³/mol. The van der Waals surface area contributed by atoms with Crippen LogP contribution in [0.5, 0.6) is 0 Å². The number of rotatable bonds is 6. The lowest BCUT2D eigenvalue weighted by Gasteiger charge is -2.35. The van der Waals surface area contributed by atoms with Gasteiger partial charge in [0.1, 0.15) is 11.3 Å². The van der Waals surface area contributed by atoms with Crippen LogP contribution < -0.4 is 0 Å². The third-order valence-electron chi connectivity index (χ3n) is 5.39. The maximum absolute atomic E-state index is 15.5. The molecule has 3 rings (SSSR count). The number of aromatic nitrogens is 2. The summed E-state index contributed by atoms with van der Waals surface area (Å²) in [7, 11) is 0. The Morgan fingerprint density at radius 2 is 1.94 bits per heavy atom. The van der Waals surface area contributed by atoms with E-state index in [2.05, 4.69) is 10.2 Å². The monoisotopic (exact) mass is 464 g/mol. The number of hydrogen-bond donors (Lipinski definition) is 2. The molecule has 0 saturated carbocycles. The average molecular weight is 465 g/mol. The Hall–Kier alpha value is -3.01. The Kier molecular flexibility index (Phi) is 7.06. The summed E-state index contributed by atoms with van der Waals surface area (Å²) in [5, 5.41) is 15.7. The molecule has 2 N–H and O–H groups in total. The maximum Gasteiger partial charge on any atom is 0.410 e. The molecule has 1 aromatic heterocycles. The number of benzene rings is 1. The number of hydrogen-bond acceptors (Lipinski definition) is 5. The lowest BCUT2D eigenvalue weighted by Crippen LogP contribution is -2.46. The van der Waals surface area contributed by atoms with Crippen LogP contribution in [-0.4, -0.2) is 61.9 Å². The third-order valence-corrected chi connectivity index (χ3v) is 5.39. The van der Waals surface area contributed by atoms with Crippen molar-refractivity contribution in [3.8, 4) is 0 Å². The van der Waals surface area contributed by atoms with Crippen LogP contribution in [-0.2, 0) is 35.0 Å². The lowest BCUT2D eigenvalue weighted by molar-refractivity contribution is -0.161. The zero-order valence-corrected chi connectivity index (χ0v) is 19.3. The first-order valence-electron chi connectivity index (χ1n) is 10.8. The number of carbonyl (C=O) groups is 2. The van der Waals surface area contributed by atoms with Gasteiger partial charge in [-0.25, -0.2) is 4.79 Å². The second kappa shape index (κ2) is 9.46. The van der Waals surface area contributed by atoms with Crippen LogP contribution in [0.15, 0.2) is 30.3 Å². The number of carbonyl (C=O) groups excluding carboxylic acids is 2. The number of nitrogens with one attached hydrogen (secondary N) is 1. The average Bonchev–Trinajstić information content (AvgIpc) is 3.15. The number of aromatic amines is 1. The van der Waals surface area contributed by atoms with Crippen LogP contribution in [0, 0.1) is 0 Å². The number of alkyl halides is 2. The van der Waals surface area contributed by atoms with Crippen LogP contribution in [0.25, 0.3) is 0 Å². The van der Waals surface area contributed by atoms with Crippen molar-refractivity contribution in [2.45, 2.75) is 64.8 Å². The standard InChI is InChI=1S/C23H30F2N4O4/c1-15-12-18-17(14-29(15)21(32)33-22(2,3)4)19(27-26-18)23(24,25)20(31)28(10-11-30)13-16-8-6-5-7-9-16/h5-9,15,30H,10-14H2,1-4H3,(H,26,27)/t15-/m1/s1. The van der Waals surface area contributed by atoms with Gasteiger partial charge >= 0.3 is 12.0 Å². The van der Waals surface area contributed by atoms with Crippen molar-refractivity contribution in [3.63, 3.8) is 0 Å². The van der Waals surface area contributed by atoms with Crippen LogP contribution in [0.1, 0.15) is 50.2 Å². The number of fused-ring (bicyclic) bond motifs is 1. The summed E-state index contributed by atoms with van der Waals surface area (Å²) in [6.45, 7) is 6.02. The van der Waals surface area contributed by atoms with Crippen LogP contribution in [0.4, 0.5) is 13.6 Å². The quantitative estimate of drug-likeness (QED) is 0.684. The minimum atomic E-state index is -3.93. The molecule has 0 fully saturated rings. The highest BCUT2D eigenvalue weighted by Crippen LogP contribution is 2.36. The van der Waals surface area contributed by atoms with Crippen molar-refractivity contribution in [3.05, 3.63) is 52.8 Å². The van der Waals surface area contributed by atoms with Gasteiger partial charge < -0.3 is 19.6 Å². The van der Waals surface area contributed by atoms with E-state index in [4.69, 9.17) is 4.74 Å². The Labute approximate surface area is 191 Å². The summed E-state index contributed by atoms with van der Waals surface area (Å²) < 4.78 is 36.3. The Bertz CT molecular complexity index is 988. The molecule has 8 nitrogen and oxygen atoms in total. The molecule has 180 valence electrons. The fourth-order valence-corrected chi connectivity index (χ4v) is 3.77. The van der Waals surface area contributed by atoms with Gasteiger partial charge in [-0.3, -0.25) is 9.89 Å². The predicted octanol–water partition coefficient (Wildman–Crippen LogP) is 3.20. The summed E-state index contributed by atoms with van der Waals surface area (Å²) in [5.74, 6) is -5.38. The highest BCUT2D eigenvalue weighted by Gasteiger charge is 2.49. The van der Waals surface area contributed by atoms with E-state index < -0.39 is 35.8 Å². The van der Waals surface area contributed by atoms with Gasteiger partial charge in [0.2, 0.25) is 0 Å². The lowest BCUT2D eigenvalue weighted by atomic mass is 9.97. The minimum absolute atomic E-state index is 0.0762. The summed E-state index contributed by atoms with van der Waals surface area (Å²) in [6.07, 6.45) is -0.367. The second-order valence-electron chi connectivity index (χ2n) is 9.20. The van der Waals surface area contributed by atoms with Gasteiger partial charge in [-0.1, -0.05) is 30.3 Å². The summed E-state index contributed by atoms with van der Waals surface area (Å²) in [6, 6.07) is 8.39. The molecule has 10 heteroatoms. The second-order valence-corrected chi connectivity index (χ2v) is 9.20. The molecule has 0 radical (unpaired) electrons. The number of ether oxygens (including phenoxy) is 1. The van der Waals surface area contributed by atoms with E-state index in [-0.39, 0.29) is 37.7 Å². The van der Waals surface area contributed by atoms with Gasteiger partial charge in [0.05, 0.1) is 18.8 Å². The molecule has 0 unspecified atom stereocenters. The van der Waals surface area contributed by atoms with Gasteiger partial charge in [-0.05, 0) is 33.3 Å². The minimum Gasteiger partial charge on any atom is -0.444 e. The first-order valence-corrected chi connectivity index (χ1v) is 10.8. The summed E-state index contributed by atoms with van der Waals surface area (Å²) in [4.78, 5) is 27.8. The fraction of sp³-hybridized carbons (Fsp3) is 0.522. The molecule has 0 bridgehead atoms. The fourth-order valence-electron chi connectivity index (χ4n) is 3.77. The first-order chi connectivity index (χ1) is 15.4. The van der Waals surface area contributed by atoms with Crippen molar-refractivity contribution < 1.29 is 28.2 Å². The van der Waals surface area contributed by atoms with E-state index in [1.165, 1.54) is 4.90 Å². The van der Waals surface area contributed by atoms with Crippen molar-refractivity contribution >= 4 is 12.0 Å². The third kappa shape index (κ3) is 5.50. The topological polar surface area (TPSA) is 98.8 Å². The molecular formula is C23H30F2N4O4. The van der Waals surface area contributed by atoms with Crippen molar-refractivity contribution in [1.82, 2.24) is 20.0 Å². The smallest absolute Gasteiger partial charge is 0.410 e. The molecule has 1 aliphatic rings. The maximum atomic E-state index is 15.5. The molecule has 2 aromatic rings. The number of aliphatic hydroxyl groups is 1. The molecule has 1 aromatic carbocycles. The van der Waals surface area contributed by atoms with Gasteiger partial charge in [-0.15, -0.1) is 0 Å². The van der Waals surface area contributed by atoms with E-state index in [1.807, 2.05) is 0 Å². The summed E-state index contributed by atoms with van der Waals surface area (Å²) in [5.41, 5.74) is -0.216. The molecule has 0 aliphatic carbocycles. The summed E-state index contributed by atoms with van der Waals surface area (Å²) >= 11 is 0. The number of aliphatic hydroxyl groups excluding tert-OH is 1. The van der Waals surface area contributed by atoms with Crippen LogP contribution >= 0.6 is 0 Å². The van der Waals surface area contributed by atoms with E-state index in [0.29, 0.717) is 11.3 Å². The zero-order chi connectivity index (χ0) is 24.4. The van der Waals surface area contributed by atoms with Gasteiger partial charge in [0.15, 0.2) is 0 Å². The number of nitrogens with zero attached hydrogens (tertiary/aromatic N) is 3. The number of amides is 2. The molecule has 1 aliphatic heterocycles. The number of halogens is 2. The Balaban J connectivity index is 1.87. The normalized spacial score (nSPS) is 16.3. The molecule has 2 amide bonds. The van der Waals surface area contributed by atoms with Crippen LogP contribution in [0.3, 0.4) is 0 Å². The first kappa shape index (κ1) is 24.6. The van der Waals surface area contributed by atoms with Crippen molar-refractivity contribution in [2.75, 3.05) is 13.2 Å². The van der Waals surface area contributed by atoms with Crippen LogP contribution in [0.2, 0.25) is 0 Å². The Morgan fingerprint density at radius 1 is 1.27 bits per heavy atom. The SMILES string of the molecule is C[C@@H]1Cc2n[nH]c(C(F)(F)C(=O)N(CCO)Cc3ccccc3)c2CN1C(=O)OC(C)(C)C. The number of H-pyrrole nitrogens is 1. The molecule has 0 saturated heterocycles. The Morgan fingerprint density at radius 3 is 2.55 bits per heavy atom. The molecular weight excluding hydrogens is 434 g/mol. The van der Waals surface area contributed by atoms with E-state index >= 15 is 8.78 Å². The highest BCUT2D eigenvalue weighted by atomic mass is 19.3. The van der Waals surface area contributed by atoms with E-state index in [9.17, 15) is 14.7 Å². The molecule has 2 heterocycles. The molecule has 1 atom stereocenters. The van der Waals surface area contributed by atoms with E-state index in [1.54, 1.807) is 58.0 Å². The zero-order valence-electron chi connectivity index (χ0n) is 19.3. The molecule has 33 heavy (non-hydrogen) atoms. The van der Waals surface area contributed by atoms with E-state index in [0.717, 1.165) is 4.90 Å². The van der Waals surface area contributed by atoms with Gasteiger partial charge in [0, 0.05) is 31.1 Å². The van der Waals surface area contributed by atoms with Crippen molar-refractivity contribution in [1.29, 1.82) is 0 Å². The van der Waals surface area contributed by atoms with Gasteiger partial charge in [-0.2, -0.15) is 13.9 Å².